The number of hydrogen-bond donors (Lipinski definition) is 13. The Morgan fingerprint density at radius 3 is 1.49 bits per heavy atom. The summed E-state index contributed by atoms with van der Waals surface area (Å²) in [6.45, 7) is 6.71. The van der Waals surface area contributed by atoms with Crippen molar-refractivity contribution in [3.8, 4) is 5.75 Å². The Labute approximate surface area is 475 Å². The summed E-state index contributed by atoms with van der Waals surface area (Å²) in [7, 11) is 0. The summed E-state index contributed by atoms with van der Waals surface area (Å²) in [5.41, 5.74) is 11.8. The molecular formula is C55H79N9O18. The van der Waals surface area contributed by atoms with Crippen molar-refractivity contribution in [1.29, 1.82) is 0 Å². The van der Waals surface area contributed by atoms with Gasteiger partial charge in [0.2, 0.25) is 41.1 Å². The molecule has 1 aliphatic rings. The first kappa shape index (κ1) is 68.3. The number of aromatic hydroxyl groups is 1. The fourth-order valence-corrected chi connectivity index (χ4v) is 8.89. The number of carboxylic acids is 4. The molecule has 10 atom stereocenters. The minimum atomic E-state index is -1.69. The second-order valence-electron chi connectivity index (χ2n) is 20.6. The molecule has 0 bridgehead atoms. The van der Waals surface area contributed by atoms with E-state index in [0.29, 0.717) is 23.7 Å². The Hall–Kier alpha value is -8.01. The molecule has 13 N–H and O–H groups in total. The molecule has 1 aliphatic heterocycles. The highest BCUT2D eigenvalue weighted by Gasteiger charge is 2.44. The number of carbonyl (C=O) groups is 13. The number of aliphatic carboxylic acids is 4. The van der Waals surface area contributed by atoms with Crippen LogP contribution in [-0.4, -0.2) is 169 Å². The van der Waals surface area contributed by atoms with Crippen LogP contribution in [0.4, 0.5) is 0 Å². The van der Waals surface area contributed by atoms with Crippen LogP contribution in [0.15, 0.2) is 54.6 Å². The molecule has 2 aromatic rings. The van der Waals surface area contributed by atoms with Gasteiger partial charge in [-0.15, -0.1) is 0 Å². The first-order chi connectivity index (χ1) is 38.9. The fourth-order valence-electron chi connectivity index (χ4n) is 8.89. The lowest BCUT2D eigenvalue weighted by Crippen LogP contribution is -2.61. The summed E-state index contributed by atoms with van der Waals surface area (Å²) in [6, 6.07) is 2.01. The van der Waals surface area contributed by atoms with E-state index in [4.69, 9.17) is 0 Å². The molecule has 0 spiro atoms. The SMILES string of the molecule is CC[C@H](C)[C@H](NC(=O)[C@H](CCC(=O)O)NN[C@@H](CCC(=O)O)C(=O)N[C@H](C=O)Cc1ccccc1)C(=O)C(=O)[C@@H]1CCCN1C(=O)[C@H](CCC(=O)O)NC(=O)[C@H](CCC(=O)O)NN[C@@H](Cc1ccc(O)cc1)C(=O)N[C@H](C=O)CC(C)C.[2HH]. The molecule has 0 aliphatic carbocycles. The fraction of sp³-hybridized carbons (Fsp3) is 0.545. The van der Waals surface area contributed by atoms with Gasteiger partial charge in [-0.05, 0) is 92.9 Å². The minimum Gasteiger partial charge on any atom is -0.508 e. The second-order valence-corrected chi connectivity index (χ2v) is 20.6. The van der Waals surface area contributed by atoms with Gasteiger partial charge in [0.15, 0.2) is 0 Å². The van der Waals surface area contributed by atoms with Gasteiger partial charge in [-0.2, -0.15) is 0 Å². The topological polar surface area (TPSA) is 423 Å². The molecule has 0 aromatic heterocycles. The number of nitrogens with zero attached hydrogens (tertiary/aromatic N) is 1. The van der Waals surface area contributed by atoms with E-state index in [2.05, 4.69) is 43.0 Å². The third-order valence-electron chi connectivity index (χ3n) is 13.6. The Kier molecular flexibility index (Phi) is 29.1. The molecule has 0 unspecified atom stereocenters. The Morgan fingerprint density at radius 2 is 1.01 bits per heavy atom. The molecule has 0 saturated carbocycles. The molecule has 2 aromatic carbocycles. The molecule has 1 fully saturated rings. The zero-order valence-corrected chi connectivity index (χ0v) is 46.3. The maximum absolute atomic E-state index is 14.5. The van der Waals surface area contributed by atoms with Crippen molar-refractivity contribution in [1.82, 2.24) is 47.9 Å². The van der Waals surface area contributed by atoms with Crippen LogP contribution in [0.25, 0.3) is 0 Å². The number of carboxylic acid groups (broad SMARTS) is 4. The minimum absolute atomic E-state index is 0. The van der Waals surface area contributed by atoms with Crippen LogP contribution in [0, 0.1) is 11.8 Å². The zero-order valence-electron chi connectivity index (χ0n) is 46.3. The summed E-state index contributed by atoms with van der Waals surface area (Å²) in [4.78, 5) is 171. The van der Waals surface area contributed by atoms with Crippen LogP contribution in [0.2, 0.25) is 0 Å². The van der Waals surface area contributed by atoms with Crippen molar-refractivity contribution >= 4 is 77.6 Å². The van der Waals surface area contributed by atoms with E-state index in [1.807, 2.05) is 13.8 Å². The van der Waals surface area contributed by atoms with Crippen LogP contribution < -0.4 is 43.0 Å². The third-order valence-corrected chi connectivity index (χ3v) is 13.6. The van der Waals surface area contributed by atoms with Crippen LogP contribution in [0.1, 0.15) is 117 Å². The number of Topliss-reactive ketones (excluding diaryl/α,β-unsaturated/α-hetero) is 2. The van der Waals surface area contributed by atoms with Crippen molar-refractivity contribution in [3.05, 3.63) is 65.7 Å². The number of hydrazine groups is 2. The van der Waals surface area contributed by atoms with Gasteiger partial charge in [-0.3, -0.25) is 52.7 Å². The zero-order chi connectivity index (χ0) is 61.1. The van der Waals surface area contributed by atoms with Crippen molar-refractivity contribution < 1.29 is 89.3 Å². The van der Waals surface area contributed by atoms with Gasteiger partial charge in [0, 0.05) is 33.7 Å². The Morgan fingerprint density at radius 1 is 0.573 bits per heavy atom. The lowest BCUT2D eigenvalue weighted by Gasteiger charge is -2.31. The lowest BCUT2D eigenvalue weighted by atomic mass is 9.90. The van der Waals surface area contributed by atoms with Crippen molar-refractivity contribution in [2.75, 3.05) is 6.54 Å². The van der Waals surface area contributed by atoms with Crippen LogP contribution in [0.3, 0.4) is 0 Å². The molecule has 3 rings (SSSR count). The van der Waals surface area contributed by atoms with E-state index in [1.54, 1.807) is 37.3 Å². The molecule has 27 heteroatoms. The maximum Gasteiger partial charge on any atom is 0.303 e. The third kappa shape index (κ3) is 23.6. The quantitative estimate of drug-likeness (QED) is 0.0239. The number of phenolic OH excluding ortho intramolecular Hbond substituents is 1. The molecule has 1 saturated heterocycles. The van der Waals surface area contributed by atoms with Gasteiger partial charge >= 0.3 is 23.9 Å². The maximum atomic E-state index is 14.5. The number of amides is 5. The number of nitrogens with one attached hydrogen (secondary N) is 8. The average Bonchev–Trinajstić information content (AvgIpc) is 4.18. The smallest absolute Gasteiger partial charge is 0.303 e. The summed E-state index contributed by atoms with van der Waals surface area (Å²) in [6.07, 6.45) is -2.72. The van der Waals surface area contributed by atoms with E-state index in [1.165, 1.54) is 31.2 Å². The summed E-state index contributed by atoms with van der Waals surface area (Å²) in [5, 5.41) is 58.3. The Bertz CT molecular complexity index is 2540. The molecule has 0 radical (unpaired) electrons. The number of carbonyl (C=O) groups excluding carboxylic acids is 9. The average molecular weight is 1160 g/mol. The van der Waals surface area contributed by atoms with E-state index in [-0.39, 0.29) is 64.6 Å². The van der Waals surface area contributed by atoms with Crippen molar-refractivity contribution in [3.63, 3.8) is 0 Å². The van der Waals surface area contributed by atoms with Gasteiger partial charge in [-0.1, -0.05) is 76.6 Å². The highest BCUT2D eigenvalue weighted by Crippen LogP contribution is 2.23. The number of ketones is 2. The van der Waals surface area contributed by atoms with Crippen LogP contribution in [-0.2, 0) is 75.2 Å². The summed E-state index contributed by atoms with van der Waals surface area (Å²) >= 11 is 0. The molecule has 1 heterocycles. The van der Waals surface area contributed by atoms with E-state index < -0.39 is 170 Å². The number of aldehydes is 2. The first-order valence-electron chi connectivity index (χ1n) is 27.1. The number of phenols is 1. The van der Waals surface area contributed by atoms with Crippen LogP contribution >= 0.6 is 0 Å². The summed E-state index contributed by atoms with van der Waals surface area (Å²) < 4.78 is 0. The lowest BCUT2D eigenvalue weighted by molar-refractivity contribution is -0.147. The number of hydrogen-bond acceptors (Lipinski definition) is 18. The van der Waals surface area contributed by atoms with E-state index >= 15 is 0 Å². The largest absolute Gasteiger partial charge is 0.508 e. The van der Waals surface area contributed by atoms with Gasteiger partial charge in [0.25, 0.3) is 0 Å². The highest BCUT2D eigenvalue weighted by molar-refractivity contribution is 6.41. The number of rotatable bonds is 40. The monoisotopic (exact) mass is 1150 g/mol. The predicted octanol–water partition coefficient (Wildman–Crippen LogP) is 0.104. The van der Waals surface area contributed by atoms with Gasteiger partial charge < -0.3 is 61.3 Å². The Balaban J connectivity index is 0.0000235. The molecular weight excluding hydrogens is 1070 g/mol. The molecule has 82 heavy (non-hydrogen) atoms. The molecule has 27 nitrogen and oxygen atoms in total. The van der Waals surface area contributed by atoms with Crippen LogP contribution in [0.5, 0.6) is 5.75 Å². The predicted molar refractivity (Wildman–Crippen MR) is 293 cm³/mol. The second kappa shape index (κ2) is 35.0. The number of likely N-dealkylation sites (tertiary alicyclic amines) is 1. The number of benzene rings is 2. The molecule has 5 amide bonds. The molecule has 452 valence electrons. The van der Waals surface area contributed by atoms with Gasteiger partial charge in [-0.25, -0.2) is 21.7 Å². The first-order valence-corrected chi connectivity index (χ1v) is 27.1. The summed E-state index contributed by atoms with van der Waals surface area (Å²) in [5.74, 6) is -13.1. The van der Waals surface area contributed by atoms with Crippen molar-refractivity contribution in [2.24, 2.45) is 11.8 Å². The van der Waals surface area contributed by atoms with Gasteiger partial charge in [0.1, 0.15) is 48.5 Å². The highest BCUT2D eigenvalue weighted by atomic mass is 16.4. The van der Waals surface area contributed by atoms with E-state index in [9.17, 15) is 87.9 Å². The van der Waals surface area contributed by atoms with E-state index in [0.717, 1.165) is 4.90 Å². The van der Waals surface area contributed by atoms with Gasteiger partial charge in [0.05, 0.1) is 24.2 Å². The standard InChI is InChI=1S/C55H77N9O18.H2/c1-5-32(4)48(59-53(80)40(19-23-46(72)73)61-60-38(17-21-44(68)69)51(78)57-36(30-66)27-33-10-7-6-8-11-33)50(77)49(76)43-12-9-25-64(43)55(82)41(20-24-47(74)75)58-52(79)39(18-22-45(70)71)62-63-42(28-34-13-15-37(67)16-14-34)54(81)56-35(29-65)26-31(2)3;/h6-8,10-11,13-16,29-32,35-36,38-43,48,60-63,67H,5,9,12,17-28H2,1-4H3,(H,56,81)(H,57,78)(H,58,79)(H,59,80)(H,68,69)(H,70,71)(H,72,73)(H,74,75);1H/t32-,35-,36-,38-,39-,40-,41-,42-,43-,48-;/m0./s1/i;1+1. The normalized spacial score (nSPS) is 16.4. The van der Waals surface area contributed by atoms with Crippen molar-refractivity contribution in [2.45, 2.75) is 172 Å².